The van der Waals surface area contributed by atoms with Gasteiger partial charge in [0.25, 0.3) is 0 Å². The van der Waals surface area contributed by atoms with E-state index in [1.54, 1.807) is 18.3 Å². The van der Waals surface area contributed by atoms with Crippen molar-refractivity contribution in [3.8, 4) is 0 Å². The van der Waals surface area contributed by atoms with Gasteiger partial charge in [0.2, 0.25) is 5.91 Å². The fraction of sp³-hybridized carbons (Fsp3) is 0.300. The summed E-state index contributed by atoms with van der Waals surface area (Å²) in [7, 11) is 0. The van der Waals surface area contributed by atoms with Gasteiger partial charge in [-0.15, -0.1) is 11.8 Å². The van der Waals surface area contributed by atoms with E-state index in [0.717, 1.165) is 0 Å². The molecule has 0 saturated carbocycles. The summed E-state index contributed by atoms with van der Waals surface area (Å²) in [4.78, 5) is 25.7. The van der Waals surface area contributed by atoms with E-state index in [1.165, 1.54) is 18.7 Å². The van der Waals surface area contributed by atoms with E-state index < -0.39 is 12.0 Å². The molecule has 5 nitrogen and oxygen atoms in total. The second kappa shape index (κ2) is 6.46. The SMILES string of the molecule is CC(=O)NC(CSc1ncccc1Cl)C(=O)O. The quantitative estimate of drug-likeness (QED) is 0.794. The molecule has 0 spiro atoms. The summed E-state index contributed by atoms with van der Waals surface area (Å²) in [5.41, 5.74) is 0. The highest BCUT2D eigenvalue weighted by molar-refractivity contribution is 7.99. The monoisotopic (exact) mass is 274 g/mol. The van der Waals surface area contributed by atoms with Crippen LogP contribution in [0.1, 0.15) is 6.92 Å². The number of hydrogen-bond donors (Lipinski definition) is 2. The van der Waals surface area contributed by atoms with Crippen molar-refractivity contribution >= 4 is 35.2 Å². The molecule has 17 heavy (non-hydrogen) atoms. The predicted molar refractivity (Wildman–Crippen MR) is 65.2 cm³/mol. The number of rotatable bonds is 5. The topological polar surface area (TPSA) is 79.3 Å². The van der Waals surface area contributed by atoms with Crippen LogP contribution in [0.15, 0.2) is 23.4 Å². The molecule has 0 fully saturated rings. The van der Waals surface area contributed by atoms with Gasteiger partial charge in [0.05, 0.1) is 5.02 Å². The summed E-state index contributed by atoms with van der Waals surface area (Å²) < 4.78 is 0. The van der Waals surface area contributed by atoms with Crippen LogP contribution in [-0.4, -0.2) is 33.8 Å². The minimum Gasteiger partial charge on any atom is -0.480 e. The summed E-state index contributed by atoms with van der Waals surface area (Å²) in [5, 5.41) is 12.2. The van der Waals surface area contributed by atoms with Crippen LogP contribution in [0, 0.1) is 0 Å². The van der Waals surface area contributed by atoms with Crippen LogP contribution >= 0.6 is 23.4 Å². The lowest BCUT2D eigenvalue weighted by Crippen LogP contribution is -2.41. The molecule has 0 aromatic carbocycles. The first-order chi connectivity index (χ1) is 8.00. The second-order valence-corrected chi connectivity index (χ2v) is 4.61. The van der Waals surface area contributed by atoms with Crippen LogP contribution in [0.4, 0.5) is 0 Å². The van der Waals surface area contributed by atoms with Crippen molar-refractivity contribution < 1.29 is 14.7 Å². The smallest absolute Gasteiger partial charge is 0.327 e. The molecule has 2 N–H and O–H groups in total. The zero-order valence-electron chi connectivity index (χ0n) is 9.01. The van der Waals surface area contributed by atoms with Crippen molar-refractivity contribution in [1.29, 1.82) is 0 Å². The highest BCUT2D eigenvalue weighted by Gasteiger charge is 2.19. The summed E-state index contributed by atoms with van der Waals surface area (Å²) in [5.74, 6) is -1.30. The fourth-order valence-corrected chi connectivity index (χ4v) is 2.24. The van der Waals surface area contributed by atoms with Crippen LogP contribution < -0.4 is 5.32 Å². The van der Waals surface area contributed by atoms with Crippen molar-refractivity contribution in [1.82, 2.24) is 10.3 Å². The maximum absolute atomic E-state index is 10.9. The van der Waals surface area contributed by atoms with Crippen LogP contribution in [-0.2, 0) is 9.59 Å². The number of carboxylic acids is 1. The van der Waals surface area contributed by atoms with Gasteiger partial charge in [0.15, 0.2) is 0 Å². The zero-order valence-corrected chi connectivity index (χ0v) is 10.6. The summed E-state index contributed by atoms with van der Waals surface area (Å²) in [6, 6.07) is 2.41. The first kappa shape index (κ1) is 13.8. The number of carboxylic acid groups (broad SMARTS) is 1. The number of thioether (sulfide) groups is 1. The van der Waals surface area contributed by atoms with Crippen molar-refractivity contribution in [3.63, 3.8) is 0 Å². The molecule has 0 aliphatic carbocycles. The Morgan fingerprint density at radius 1 is 1.65 bits per heavy atom. The standard InChI is InChI=1S/C10H11ClN2O3S/c1-6(14)13-8(10(15)16)5-17-9-7(11)3-2-4-12-9/h2-4,8H,5H2,1H3,(H,13,14)(H,15,16). The van der Waals surface area contributed by atoms with Crippen molar-refractivity contribution in [3.05, 3.63) is 23.4 Å². The lowest BCUT2D eigenvalue weighted by atomic mass is 10.3. The van der Waals surface area contributed by atoms with Crippen LogP contribution in [0.25, 0.3) is 0 Å². The molecule has 1 heterocycles. The largest absolute Gasteiger partial charge is 0.480 e. The van der Waals surface area contributed by atoms with Gasteiger partial charge in [-0.1, -0.05) is 11.6 Å². The van der Waals surface area contributed by atoms with E-state index in [-0.39, 0.29) is 11.7 Å². The summed E-state index contributed by atoms with van der Waals surface area (Å²) in [6.45, 7) is 1.27. The molecule has 1 unspecified atom stereocenters. The van der Waals surface area contributed by atoms with Crippen molar-refractivity contribution in [2.24, 2.45) is 0 Å². The van der Waals surface area contributed by atoms with E-state index in [0.29, 0.717) is 10.0 Å². The van der Waals surface area contributed by atoms with E-state index in [4.69, 9.17) is 16.7 Å². The Morgan fingerprint density at radius 3 is 2.88 bits per heavy atom. The highest BCUT2D eigenvalue weighted by atomic mass is 35.5. The minimum absolute atomic E-state index is 0.172. The van der Waals surface area contributed by atoms with Crippen molar-refractivity contribution in [2.75, 3.05) is 5.75 Å². The Balaban J connectivity index is 2.61. The first-order valence-corrected chi connectivity index (χ1v) is 6.10. The molecular weight excluding hydrogens is 264 g/mol. The fourth-order valence-electron chi connectivity index (χ4n) is 1.06. The third-order valence-corrected chi connectivity index (χ3v) is 3.30. The second-order valence-electron chi connectivity index (χ2n) is 3.19. The lowest BCUT2D eigenvalue weighted by molar-refractivity contribution is -0.140. The molecule has 1 aromatic heterocycles. The average molecular weight is 275 g/mol. The Kier molecular flexibility index (Phi) is 5.24. The number of nitrogens with one attached hydrogen (secondary N) is 1. The number of pyridine rings is 1. The van der Waals surface area contributed by atoms with Gasteiger partial charge in [-0.05, 0) is 12.1 Å². The third-order valence-electron chi connectivity index (χ3n) is 1.79. The molecular formula is C10H11ClN2O3S. The van der Waals surface area contributed by atoms with E-state index in [2.05, 4.69) is 10.3 Å². The molecule has 7 heteroatoms. The first-order valence-electron chi connectivity index (χ1n) is 4.74. The van der Waals surface area contributed by atoms with Crippen LogP contribution in [0.3, 0.4) is 0 Å². The molecule has 0 bridgehead atoms. The van der Waals surface area contributed by atoms with Gasteiger partial charge in [-0.25, -0.2) is 9.78 Å². The van der Waals surface area contributed by atoms with Gasteiger partial charge in [-0.2, -0.15) is 0 Å². The molecule has 0 aliphatic heterocycles. The van der Waals surface area contributed by atoms with Gasteiger partial charge < -0.3 is 10.4 Å². The highest BCUT2D eigenvalue weighted by Crippen LogP contribution is 2.24. The number of carbonyl (C=O) groups is 2. The zero-order chi connectivity index (χ0) is 12.8. The number of amides is 1. The number of carbonyl (C=O) groups excluding carboxylic acids is 1. The Hall–Kier alpha value is -1.27. The molecule has 0 saturated heterocycles. The molecule has 1 amide bonds. The third kappa shape index (κ3) is 4.62. The number of aliphatic carboxylic acids is 1. The molecule has 1 aromatic rings. The number of hydrogen-bond acceptors (Lipinski definition) is 4. The Labute approximate surface area is 108 Å². The van der Waals surface area contributed by atoms with E-state index in [9.17, 15) is 9.59 Å². The Bertz CT molecular complexity index is 428. The summed E-state index contributed by atoms with van der Waals surface area (Å²) >= 11 is 7.06. The van der Waals surface area contributed by atoms with Gasteiger partial charge in [-0.3, -0.25) is 4.79 Å². The van der Waals surface area contributed by atoms with Crippen LogP contribution in [0.2, 0.25) is 5.02 Å². The molecule has 1 atom stereocenters. The number of aromatic nitrogens is 1. The maximum Gasteiger partial charge on any atom is 0.327 e. The molecule has 1 rings (SSSR count). The van der Waals surface area contributed by atoms with Crippen LogP contribution in [0.5, 0.6) is 0 Å². The number of nitrogens with zero attached hydrogens (tertiary/aromatic N) is 1. The van der Waals surface area contributed by atoms with E-state index in [1.807, 2.05) is 0 Å². The summed E-state index contributed by atoms with van der Waals surface area (Å²) in [6.07, 6.45) is 1.57. The average Bonchev–Trinajstić information content (AvgIpc) is 2.25. The lowest BCUT2D eigenvalue weighted by Gasteiger charge is -2.12. The maximum atomic E-state index is 10.9. The minimum atomic E-state index is -1.08. The molecule has 92 valence electrons. The molecule has 0 radical (unpaired) electrons. The predicted octanol–water partition coefficient (Wildman–Crippen LogP) is 1.42. The molecule has 0 aliphatic rings. The van der Waals surface area contributed by atoms with Gasteiger partial charge in [0.1, 0.15) is 11.1 Å². The Morgan fingerprint density at radius 2 is 2.35 bits per heavy atom. The van der Waals surface area contributed by atoms with E-state index >= 15 is 0 Å². The number of halogens is 1. The van der Waals surface area contributed by atoms with Gasteiger partial charge >= 0.3 is 5.97 Å². The van der Waals surface area contributed by atoms with Gasteiger partial charge in [0, 0.05) is 18.9 Å². The normalized spacial score (nSPS) is 11.9. The van der Waals surface area contributed by atoms with Crippen molar-refractivity contribution in [2.45, 2.75) is 18.0 Å².